The molecule has 2 atom stereocenters. The lowest BCUT2D eigenvalue weighted by Gasteiger charge is -2.31. The van der Waals surface area contributed by atoms with Crippen molar-refractivity contribution >= 4 is 11.8 Å². The molecule has 5 N–H and O–H groups in total. The molecular weight excluding hydrogens is 240 g/mol. The first-order valence-electron chi connectivity index (χ1n) is 5.98. The Kier molecular flexibility index (Phi) is 3.81. The van der Waals surface area contributed by atoms with Gasteiger partial charge in [0, 0.05) is 26.2 Å². The van der Waals surface area contributed by atoms with Crippen molar-refractivity contribution in [3.8, 4) is 0 Å². The van der Waals surface area contributed by atoms with Crippen molar-refractivity contribution in [1.82, 2.24) is 20.9 Å². The van der Waals surface area contributed by atoms with Gasteiger partial charge in [0.05, 0.1) is 13.2 Å². The fourth-order valence-corrected chi connectivity index (χ4v) is 2.40. The summed E-state index contributed by atoms with van der Waals surface area (Å²) in [5, 5.41) is 26.2. The maximum Gasteiger partial charge on any atom is 0.267 e. The van der Waals surface area contributed by atoms with Crippen molar-refractivity contribution < 1.29 is 19.8 Å². The first kappa shape index (κ1) is 13.2. The highest BCUT2D eigenvalue weighted by atomic mass is 16.3. The smallest absolute Gasteiger partial charge is 0.267 e. The van der Waals surface area contributed by atoms with E-state index in [0.717, 1.165) is 0 Å². The van der Waals surface area contributed by atoms with Crippen LogP contribution in [0.3, 0.4) is 0 Å². The third-order valence-electron chi connectivity index (χ3n) is 3.23. The van der Waals surface area contributed by atoms with Gasteiger partial charge in [0.1, 0.15) is 6.04 Å². The molecule has 2 heterocycles. The normalized spacial score (nSPS) is 30.7. The van der Waals surface area contributed by atoms with Crippen molar-refractivity contribution in [3.05, 3.63) is 0 Å². The van der Waals surface area contributed by atoms with Crippen molar-refractivity contribution in [3.63, 3.8) is 0 Å². The Morgan fingerprint density at radius 1 is 1.44 bits per heavy atom. The Balaban J connectivity index is 2.07. The van der Waals surface area contributed by atoms with Gasteiger partial charge in [-0.3, -0.25) is 14.9 Å². The first-order valence-corrected chi connectivity index (χ1v) is 5.98. The third-order valence-corrected chi connectivity index (χ3v) is 3.23. The van der Waals surface area contributed by atoms with Gasteiger partial charge in [-0.25, -0.2) is 0 Å². The van der Waals surface area contributed by atoms with Crippen LogP contribution in [0.2, 0.25) is 0 Å². The Bertz CT molecular complexity index is 351. The average molecular weight is 258 g/mol. The second kappa shape index (κ2) is 5.19. The predicted molar refractivity (Wildman–Crippen MR) is 61.4 cm³/mol. The molecule has 0 aliphatic carbocycles. The molecule has 2 saturated heterocycles. The number of nitrogens with zero attached hydrogens (tertiary/aromatic N) is 1. The summed E-state index contributed by atoms with van der Waals surface area (Å²) in [5.41, 5.74) is -1.03. The van der Waals surface area contributed by atoms with Crippen LogP contribution >= 0.6 is 0 Å². The van der Waals surface area contributed by atoms with E-state index in [1.54, 1.807) is 0 Å². The lowest BCUT2D eigenvalue weighted by atomic mass is 10.0. The number of amides is 2. The van der Waals surface area contributed by atoms with E-state index in [1.807, 2.05) is 0 Å². The molecule has 2 aliphatic rings. The summed E-state index contributed by atoms with van der Waals surface area (Å²) in [4.78, 5) is 25.2. The molecule has 0 bridgehead atoms. The summed E-state index contributed by atoms with van der Waals surface area (Å²) in [5.74, 6) is -0.516. The third kappa shape index (κ3) is 1.97. The number of hydrogen-bond donors (Lipinski definition) is 5. The van der Waals surface area contributed by atoms with E-state index < -0.39 is 11.7 Å². The minimum Gasteiger partial charge on any atom is -0.395 e. The lowest BCUT2D eigenvalue weighted by molar-refractivity contribution is -0.126. The van der Waals surface area contributed by atoms with Gasteiger partial charge in [0.2, 0.25) is 5.91 Å². The fraction of sp³-hybridized carbons (Fsp3) is 0.800. The summed E-state index contributed by atoms with van der Waals surface area (Å²) in [6.07, 6.45) is 0. The molecule has 18 heavy (non-hydrogen) atoms. The van der Waals surface area contributed by atoms with Gasteiger partial charge >= 0.3 is 0 Å². The number of aliphatic hydroxyl groups excluding tert-OH is 2. The number of piperazine rings is 1. The maximum atomic E-state index is 11.9. The lowest BCUT2D eigenvalue weighted by Crippen LogP contribution is -2.66. The Morgan fingerprint density at radius 3 is 2.89 bits per heavy atom. The Morgan fingerprint density at radius 2 is 2.22 bits per heavy atom. The molecule has 8 heteroatoms. The van der Waals surface area contributed by atoms with Crippen LogP contribution in [-0.2, 0) is 9.59 Å². The van der Waals surface area contributed by atoms with Gasteiger partial charge in [0.25, 0.3) is 5.91 Å². The van der Waals surface area contributed by atoms with Gasteiger partial charge in [0.15, 0.2) is 5.66 Å². The van der Waals surface area contributed by atoms with E-state index in [1.165, 1.54) is 4.90 Å². The minimum atomic E-state index is -1.03. The van der Waals surface area contributed by atoms with Gasteiger partial charge in [-0.15, -0.1) is 0 Å². The van der Waals surface area contributed by atoms with E-state index >= 15 is 0 Å². The highest BCUT2D eigenvalue weighted by molar-refractivity contribution is 6.07. The second-order valence-electron chi connectivity index (χ2n) is 4.28. The predicted octanol–water partition coefficient (Wildman–Crippen LogP) is -3.81. The highest BCUT2D eigenvalue weighted by Crippen LogP contribution is 2.35. The minimum absolute atomic E-state index is 0.139. The second-order valence-corrected chi connectivity index (χ2v) is 4.28. The van der Waals surface area contributed by atoms with E-state index in [-0.39, 0.29) is 38.1 Å². The molecule has 1 spiro atoms. The molecule has 0 radical (unpaired) electrons. The zero-order valence-electron chi connectivity index (χ0n) is 9.98. The zero-order valence-corrected chi connectivity index (χ0v) is 9.98. The SMILES string of the molecule is O=C(NCCO)C1NCCNC12C(=O)N2CCO. The molecule has 8 nitrogen and oxygen atoms in total. The summed E-state index contributed by atoms with van der Waals surface area (Å²) in [6.45, 7) is 1.24. The number of β-amino-alcohol motifs (C(OH)–C–C–N with tert-alkyl or cyclic N) is 1. The number of nitrogens with one attached hydrogen (secondary N) is 3. The molecule has 2 fully saturated rings. The van der Waals surface area contributed by atoms with E-state index in [2.05, 4.69) is 16.0 Å². The number of hydrogen-bond acceptors (Lipinski definition) is 6. The van der Waals surface area contributed by atoms with Crippen LogP contribution in [0.25, 0.3) is 0 Å². The van der Waals surface area contributed by atoms with Crippen LogP contribution in [0.15, 0.2) is 0 Å². The molecule has 2 amide bonds. The maximum absolute atomic E-state index is 11.9. The van der Waals surface area contributed by atoms with E-state index in [4.69, 9.17) is 10.2 Å². The first-order chi connectivity index (χ1) is 8.68. The Hall–Kier alpha value is -1.22. The summed E-state index contributed by atoms with van der Waals surface area (Å²) < 4.78 is 0. The molecule has 102 valence electrons. The summed E-state index contributed by atoms with van der Waals surface area (Å²) in [6, 6.07) is -0.697. The van der Waals surface area contributed by atoms with Gasteiger partial charge in [-0.05, 0) is 0 Å². The zero-order chi connectivity index (χ0) is 13.2. The molecule has 0 aromatic carbocycles. The van der Waals surface area contributed by atoms with Crippen LogP contribution < -0.4 is 16.0 Å². The van der Waals surface area contributed by atoms with Gasteiger partial charge in [-0.1, -0.05) is 0 Å². The number of carbonyl (C=O) groups is 2. The van der Waals surface area contributed by atoms with E-state index in [9.17, 15) is 9.59 Å². The van der Waals surface area contributed by atoms with Crippen molar-refractivity contribution in [2.45, 2.75) is 11.7 Å². The monoisotopic (exact) mass is 258 g/mol. The molecule has 0 aromatic heterocycles. The molecule has 0 aromatic rings. The van der Waals surface area contributed by atoms with Gasteiger partial charge < -0.3 is 25.7 Å². The van der Waals surface area contributed by atoms with Crippen LogP contribution in [0.1, 0.15) is 0 Å². The number of rotatable bonds is 5. The highest BCUT2D eigenvalue weighted by Gasteiger charge is 2.69. The molecule has 2 aliphatic heterocycles. The molecule has 2 rings (SSSR count). The number of aliphatic hydroxyl groups is 2. The topological polar surface area (TPSA) is 114 Å². The average Bonchev–Trinajstić information content (AvgIpc) is 2.92. The van der Waals surface area contributed by atoms with Crippen LogP contribution in [-0.4, -0.2) is 78.0 Å². The van der Waals surface area contributed by atoms with Crippen LogP contribution in [0.4, 0.5) is 0 Å². The molecular formula is C10H18N4O4. The fourth-order valence-electron chi connectivity index (χ4n) is 2.40. The van der Waals surface area contributed by atoms with Crippen LogP contribution in [0, 0.1) is 0 Å². The summed E-state index contributed by atoms with van der Waals surface area (Å²) in [7, 11) is 0. The Labute approximate surface area is 104 Å². The molecule has 0 saturated carbocycles. The summed E-state index contributed by atoms with van der Waals surface area (Å²) >= 11 is 0. The quantitative estimate of drug-likeness (QED) is 0.323. The van der Waals surface area contributed by atoms with E-state index in [0.29, 0.717) is 13.1 Å². The largest absolute Gasteiger partial charge is 0.395 e. The van der Waals surface area contributed by atoms with Gasteiger partial charge in [-0.2, -0.15) is 0 Å². The number of carbonyl (C=O) groups excluding carboxylic acids is 2. The van der Waals surface area contributed by atoms with Crippen molar-refractivity contribution in [2.24, 2.45) is 0 Å². The van der Waals surface area contributed by atoms with Crippen molar-refractivity contribution in [2.75, 3.05) is 39.4 Å². The standard InChI is InChI=1S/C10H18N4O4/c15-5-3-12-8(17)7-10(13-2-1-11-7)9(18)14(10)4-6-16/h7,11,13,15-16H,1-6H2,(H,12,17). The molecule has 2 unspecified atom stereocenters. The van der Waals surface area contributed by atoms with Crippen LogP contribution in [0.5, 0.6) is 0 Å². The van der Waals surface area contributed by atoms with Crippen molar-refractivity contribution in [1.29, 1.82) is 0 Å².